The molecular weight excluding hydrogens is 284 g/mol. The first kappa shape index (κ1) is 13.7. The lowest BCUT2D eigenvalue weighted by atomic mass is 9.56. The molecule has 6 fully saturated rings. The minimum atomic E-state index is -0.0520. The van der Waals surface area contributed by atoms with Crippen LogP contribution in [0, 0.1) is 52.8 Å². The zero-order valence-corrected chi connectivity index (χ0v) is 14.6. The molecule has 23 heavy (non-hydrogen) atoms. The van der Waals surface area contributed by atoms with Crippen LogP contribution in [0.1, 0.15) is 65.2 Å². The Balaban J connectivity index is 1.37. The minimum Gasteiger partial charge on any atom is -0.459 e. The van der Waals surface area contributed by atoms with Crippen LogP contribution in [-0.2, 0) is 9.53 Å². The Bertz CT molecular complexity index is 576. The van der Waals surface area contributed by atoms with Crippen LogP contribution in [0.2, 0.25) is 0 Å². The maximum atomic E-state index is 13.1. The highest BCUT2D eigenvalue weighted by Crippen LogP contribution is 2.76. The highest BCUT2D eigenvalue weighted by Gasteiger charge is 2.74. The Morgan fingerprint density at radius 1 is 1.00 bits per heavy atom. The summed E-state index contributed by atoms with van der Waals surface area (Å²) in [7, 11) is 0. The molecule has 2 spiro atoms. The molecule has 1 heterocycles. The van der Waals surface area contributed by atoms with Crippen LogP contribution < -0.4 is 0 Å². The van der Waals surface area contributed by atoms with E-state index in [1.807, 2.05) is 0 Å². The largest absolute Gasteiger partial charge is 0.459 e. The van der Waals surface area contributed by atoms with Gasteiger partial charge in [-0.15, -0.1) is 0 Å². The second-order valence-electron chi connectivity index (χ2n) is 10.4. The van der Waals surface area contributed by atoms with Crippen LogP contribution in [0.15, 0.2) is 0 Å². The quantitative estimate of drug-likeness (QED) is 0.488. The van der Waals surface area contributed by atoms with Crippen LogP contribution in [0.4, 0.5) is 0 Å². The summed E-state index contributed by atoms with van der Waals surface area (Å²) in [5, 5.41) is 0. The molecule has 2 heteroatoms. The van der Waals surface area contributed by atoms with Gasteiger partial charge in [0.25, 0.3) is 0 Å². The summed E-state index contributed by atoms with van der Waals surface area (Å²) in [4.78, 5) is 13.1. The lowest BCUT2D eigenvalue weighted by Gasteiger charge is -2.46. The second-order valence-corrected chi connectivity index (χ2v) is 10.4. The molecule has 5 aliphatic carbocycles. The first-order valence-electron chi connectivity index (χ1n) is 10.3. The molecule has 0 aromatic heterocycles. The molecule has 1 aliphatic heterocycles. The van der Waals surface area contributed by atoms with Gasteiger partial charge in [0.1, 0.15) is 5.60 Å². The van der Waals surface area contributed by atoms with Crippen molar-refractivity contribution in [1.29, 1.82) is 0 Å². The Labute approximate surface area is 139 Å². The third kappa shape index (κ3) is 1.39. The second kappa shape index (κ2) is 3.99. The van der Waals surface area contributed by atoms with Crippen molar-refractivity contribution in [2.75, 3.05) is 0 Å². The molecule has 5 saturated carbocycles. The Kier molecular flexibility index (Phi) is 2.38. The molecule has 4 bridgehead atoms. The molecule has 0 aromatic carbocycles. The smallest absolute Gasteiger partial charge is 0.313 e. The van der Waals surface area contributed by atoms with Gasteiger partial charge in [-0.25, -0.2) is 0 Å². The van der Waals surface area contributed by atoms with Gasteiger partial charge in [-0.1, -0.05) is 13.8 Å². The van der Waals surface area contributed by atoms with Crippen molar-refractivity contribution in [2.24, 2.45) is 52.8 Å². The summed E-state index contributed by atoms with van der Waals surface area (Å²) >= 11 is 0. The molecule has 0 N–H and O–H groups in total. The lowest BCUT2D eigenvalue weighted by Crippen LogP contribution is -2.45. The maximum absolute atomic E-state index is 13.1. The zero-order valence-electron chi connectivity index (χ0n) is 14.6. The minimum absolute atomic E-state index is 0.0341. The Morgan fingerprint density at radius 2 is 1.70 bits per heavy atom. The fourth-order valence-electron chi connectivity index (χ4n) is 9.13. The summed E-state index contributed by atoms with van der Waals surface area (Å²) in [6, 6.07) is 0. The standard InChI is InChI=1S/C21H30O2/c1-11-12(2)15-8-14(11)17-13-7-16(18(15)17)21(9-13)10-20(23-19(21)22)5-3-4-6-20/h11-18H,3-10H2,1-2H3. The van der Waals surface area contributed by atoms with Crippen LogP contribution in [0.3, 0.4) is 0 Å². The predicted octanol–water partition coefficient (Wildman–Crippen LogP) is 4.43. The first-order valence-corrected chi connectivity index (χ1v) is 10.3. The van der Waals surface area contributed by atoms with E-state index >= 15 is 0 Å². The van der Waals surface area contributed by atoms with Crippen molar-refractivity contribution >= 4 is 5.97 Å². The monoisotopic (exact) mass is 314 g/mol. The van der Waals surface area contributed by atoms with E-state index in [0.29, 0.717) is 5.92 Å². The Hall–Kier alpha value is -0.530. The van der Waals surface area contributed by atoms with E-state index in [0.717, 1.165) is 60.7 Å². The van der Waals surface area contributed by atoms with Crippen molar-refractivity contribution < 1.29 is 9.53 Å². The number of ether oxygens (including phenoxy) is 1. The fraction of sp³-hybridized carbons (Fsp3) is 0.952. The molecule has 0 amide bonds. The van der Waals surface area contributed by atoms with Gasteiger partial charge in [-0.2, -0.15) is 0 Å². The van der Waals surface area contributed by atoms with Crippen molar-refractivity contribution in [3.05, 3.63) is 0 Å². The number of carbonyl (C=O) groups is 1. The van der Waals surface area contributed by atoms with Crippen LogP contribution in [-0.4, -0.2) is 11.6 Å². The molecule has 0 aromatic rings. The average Bonchev–Trinajstić information content (AvgIpc) is 3.29. The van der Waals surface area contributed by atoms with Gasteiger partial charge in [0.15, 0.2) is 0 Å². The van der Waals surface area contributed by atoms with Gasteiger partial charge in [-0.05, 0) is 92.3 Å². The highest BCUT2D eigenvalue weighted by molar-refractivity contribution is 5.81. The van der Waals surface area contributed by atoms with Crippen LogP contribution in [0.5, 0.6) is 0 Å². The molecule has 2 nitrogen and oxygen atoms in total. The number of hydrogen-bond donors (Lipinski definition) is 0. The van der Waals surface area contributed by atoms with Crippen molar-refractivity contribution in [1.82, 2.24) is 0 Å². The summed E-state index contributed by atoms with van der Waals surface area (Å²) in [5.41, 5.74) is -0.0861. The van der Waals surface area contributed by atoms with E-state index in [1.165, 1.54) is 32.1 Å². The summed E-state index contributed by atoms with van der Waals surface area (Å²) in [6.45, 7) is 5.00. The molecule has 1 saturated heterocycles. The van der Waals surface area contributed by atoms with E-state index in [-0.39, 0.29) is 17.0 Å². The number of carbonyl (C=O) groups excluding carboxylic acids is 1. The summed E-state index contributed by atoms with van der Waals surface area (Å²) < 4.78 is 6.14. The highest BCUT2D eigenvalue weighted by atomic mass is 16.6. The predicted molar refractivity (Wildman–Crippen MR) is 87.5 cm³/mol. The third-order valence-corrected chi connectivity index (χ3v) is 9.93. The number of esters is 1. The van der Waals surface area contributed by atoms with Gasteiger partial charge in [0.2, 0.25) is 0 Å². The fourth-order valence-corrected chi connectivity index (χ4v) is 9.13. The molecule has 6 aliphatic rings. The van der Waals surface area contributed by atoms with E-state index in [4.69, 9.17) is 4.74 Å². The average molecular weight is 314 g/mol. The van der Waals surface area contributed by atoms with Crippen LogP contribution in [0.25, 0.3) is 0 Å². The summed E-state index contributed by atoms with van der Waals surface area (Å²) in [5.74, 6) is 7.29. The van der Waals surface area contributed by atoms with E-state index < -0.39 is 0 Å². The normalized spacial score (nSPS) is 61.0. The first-order chi connectivity index (χ1) is 11.0. The summed E-state index contributed by atoms with van der Waals surface area (Å²) in [6.07, 6.45) is 9.92. The van der Waals surface area contributed by atoms with E-state index in [2.05, 4.69) is 13.8 Å². The number of hydrogen-bond acceptors (Lipinski definition) is 2. The SMILES string of the molecule is CC1C(C)C2CC1C1C3CC(C21)C1(C3)CC2(CCCC2)OC1=O. The molecular formula is C21H30O2. The van der Waals surface area contributed by atoms with Gasteiger partial charge in [0.05, 0.1) is 5.41 Å². The molecule has 0 radical (unpaired) electrons. The van der Waals surface area contributed by atoms with Crippen molar-refractivity contribution in [2.45, 2.75) is 70.8 Å². The van der Waals surface area contributed by atoms with Crippen LogP contribution >= 0.6 is 0 Å². The van der Waals surface area contributed by atoms with E-state index in [9.17, 15) is 4.79 Å². The van der Waals surface area contributed by atoms with Crippen molar-refractivity contribution in [3.63, 3.8) is 0 Å². The molecule has 6 rings (SSSR count). The Morgan fingerprint density at radius 3 is 2.43 bits per heavy atom. The molecule has 126 valence electrons. The topological polar surface area (TPSA) is 26.3 Å². The van der Waals surface area contributed by atoms with Gasteiger partial charge in [-0.3, -0.25) is 4.79 Å². The van der Waals surface area contributed by atoms with Gasteiger partial charge >= 0.3 is 5.97 Å². The maximum Gasteiger partial charge on any atom is 0.313 e. The van der Waals surface area contributed by atoms with Gasteiger partial charge < -0.3 is 4.74 Å². The van der Waals surface area contributed by atoms with E-state index in [1.54, 1.807) is 0 Å². The number of fused-ring (bicyclic) bond motifs is 10. The van der Waals surface area contributed by atoms with Gasteiger partial charge in [0, 0.05) is 6.42 Å². The number of rotatable bonds is 0. The lowest BCUT2D eigenvalue weighted by molar-refractivity contribution is -0.157. The zero-order chi connectivity index (χ0) is 15.6. The molecule has 9 atom stereocenters. The third-order valence-electron chi connectivity index (χ3n) is 9.93. The molecule has 9 unspecified atom stereocenters. The van der Waals surface area contributed by atoms with Crippen molar-refractivity contribution in [3.8, 4) is 0 Å².